The van der Waals surface area contributed by atoms with Crippen molar-refractivity contribution in [3.8, 4) is 0 Å². The van der Waals surface area contributed by atoms with Gasteiger partial charge in [-0.3, -0.25) is 0 Å². The molecule has 2 aromatic rings. The second kappa shape index (κ2) is 6.53. The average molecular weight is 306 g/mol. The van der Waals surface area contributed by atoms with Gasteiger partial charge in [0.15, 0.2) is 5.13 Å². The standard InChI is InChI=1S/C14H18N4O2S/c1-4-18(5-2)11-7-6-10(8-15-11)17-14-16-9(3)12(21-14)13(19)20/h6-8H,4-5H2,1-3H3,(H,16,17)(H,19,20). The SMILES string of the molecule is CCN(CC)c1ccc(Nc2nc(C)c(C(=O)O)s2)cn1. The van der Waals surface area contributed by atoms with Gasteiger partial charge in [0, 0.05) is 13.1 Å². The van der Waals surface area contributed by atoms with E-state index in [1.807, 2.05) is 12.1 Å². The molecule has 2 rings (SSSR count). The first-order valence-electron chi connectivity index (χ1n) is 6.73. The number of hydrogen-bond donors (Lipinski definition) is 2. The van der Waals surface area contributed by atoms with Crippen LogP contribution < -0.4 is 10.2 Å². The van der Waals surface area contributed by atoms with Gasteiger partial charge in [0.1, 0.15) is 10.7 Å². The minimum absolute atomic E-state index is 0.255. The van der Waals surface area contributed by atoms with E-state index >= 15 is 0 Å². The maximum absolute atomic E-state index is 11.0. The van der Waals surface area contributed by atoms with E-state index in [9.17, 15) is 4.79 Å². The van der Waals surface area contributed by atoms with Crippen LogP contribution in [0.1, 0.15) is 29.2 Å². The normalized spacial score (nSPS) is 10.4. The van der Waals surface area contributed by atoms with Crippen LogP contribution in [0.5, 0.6) is 0 Å². The van der Waals surface area contributed by atoms with Crippen molar-refractivity contribution in [1.29, 1.82) is 0 Å². The van der Waals surface area contributed by atoms with E-state index in [0.717, 1.165) is 35.9 Å². The number of rotatable bonds is 6. The number of nitrogens with one attached hydrogen (secondary N) is 1. The van der Waals surface area contributed by atoms with Crippen molar-refractivity contribution in [3.05, 3.63) is 28.9 Å². The summed E-state index contributed by atoms with van der Waals surface area (Å²) in [7, 11) is 0. The fraction of sp³-hybridized carbons (Fsp3) is 0.357. The average Bonchev–Trinajstić information content (AvgIpc) is 2.83. The minimum atomic E-state index is -0.951. The van der Waals surface area contributed by atoms with Crippen LogP contribution in [0.4, 0.5) is 16.6 Å². The van der Waals surface area contributed by atoms with Gasteiger partial charge in [0.05, 0.1) is 17.6 Å². The molecule has 0 bridgehead atoms. The number of carbonyl (C=O) groups is 1. The fourth-order valence-electron chi connectivity index (χ4n) is 1.97. The van der Waals surface area contributed by atoms with Gasteiger partial charge in [-0.05, 0) is 32.9 Å². The molecule has 2 aromatic heterocycles. The highest BCUT2D eigenvalue weighted by Gasteiger charge is 2.14. The Morgan fingerprint density at radius 3 is 2.57 bits per heavy atom. The van der Waals surface area contributed by atoms with Crippen LogP contribution in [-0.4, -0.2) is 34.1 Å². The molecule has 0 saturated carbocycles. The Balaban J connectivity index is 2.13. The first-order valence-corrected chi connectivity index (χ1v) is 7.55. The Kier molecular flexibility index (Phi) is 4.74. The number of thiazole rings is 1. The summed E-state index contributed by atoms with van der Waals surface area (Å²) in [6, 6.07) is 3.85. The van der Waals surface area contributed by atoms with Gasteiger partial charge in [0.2, 0.25) is 0 Å². The van der Waals surface area contributed by atoms with E-state index in [0.29, 0.717) is 10.8 Å². The van der Waals surface area contributed by atoms with E-state index < -0.39 is 5.97 Å². The van der Waals surface area contributed by atoms with Crippen LogP contribution in [0.2, 0.25) is 0 Å². The maximum Gasteiger partial charge on any atom is 0.347 e. The molecule has 0 aromatic carbocycles. The molecule has 2 heterocycles. The zero-order valence-electron chi connectivity index (χ0n) is 12.3. The summed E-state index contributed by atoms with van der Waals surface area (Å²) in [5.74, 6) is -0.0276. The highest BCUT2D eigenvalue weighted by Crippen LogP contribution is 2.26. The van der Waals surface area contributed by atoms with Gasteiger partial charge >= 0.3 is 5.97 Å². The van der Waals surface area contributed by atoms with Crippen molar-refractivity contribution in [2.45, 2.75) is 20.8 Å². The summed E-state index contributed by atoms with van der Waals surface area (Å²) in [4.78, 5) is 22.0. The Morgan fingerprint density at radius 1 is 1.38 bits per heavy atom. The fourth-order valence-corrected chi connectivity index (χ4v) is 2.79. The predicted octanol–water partition coefficient (Wildman–Crippen LogP) is 3.13. The molecule has 0 unspecified atom stereocenters. The lowest BCUT2D eigenvalue weighted by Crippen LogP contribution is -2.22. The molecular formula is C14H18N4O2S. The first kappa shape index (κ1) is 15.2. The van der Waals surface area contributed by atoms with E-state index in [-0.39, 0.29) is 4.88 Å². The molecule has 0 aliphatic rings. The molecule has 0 saturated heterocycles. The molecule has 0 aliphatic carbocycles. The summed E-state index contributed by atoms with van der Waals surface area (Å²) in [6.07, 6.45) is 1.73. The molecule has 2 N–H and O–H groups in total. The second-order valence-electron chi connectivity index (χ2n) is 4.44. The van der Waals surface area contributed by atoms with Gasteiger partial charge in [-0.15, -0.1) is 0 Å². The number of carboxylic acid groups (broad SMARTS) is 1. The van der Waals surface area contributed by atoms with Gasteiger partial charge in [-0.1, -0.05) is 11.3 Å². The highest BCUT2D eigenvalue weighted by molar-refractivity contribution is 7.17. The van der Waals surface area contributed by atoms with E-state index in [1.165, 1.54) is 0 Å². The molecule has 0 radical (unpaired) electrons. The lowest BCUT2D eigenvalue weighted by molar-refractivity contribution is 0.0701. The number of pyridine rings is 1. The molecule has 0 aliphatic heterocycles. The second-order valence-corrected chi connectivity index (χ2v) is 5.44. The molecule has 0 amide bonds. The lowest BCUT2D eigenvalue weighted by atomic mass is 10.3. The Bertz CT molecular complexity index is 620. The molecule has 0 fully saturated rings. The third kappa shape index (κ3) is 3.49. The molecule has 0 atom stereocenters. The molecule has 112 valence electrons. The number of nitrogens with zero attached hydrogens (tertiary/aromatic N) is 3. The predicted molar refractivity (Wildman–Crippen MR) is 84.9 cm³/mol. The number of carboxylic acids is 1. The Hall–Kier alpha value is -2.15. The van der Waals surface area contributed by atoms with Crippen LogP contribution in [-0.2, 0) is 0 Å². The summed E-state index contributed by atoms with van der Waals surface area (Å²) in [6.45, 7) is 7.67. The monoisotopic (exact) mass is 306 g/mol. The quantitative estimate of drug-likeness (QED) is 0.853. The van der Waals surface area contributed by atoms with E-state index in [2.05, 4.69) is 34.0 Å². The van der Waals surface area contributed by atoms with Crippen LogP contribution in [0.15, 0.2) is 18.3 Å². The molecule has 6 nitrogen and oxygen atoms in total. The number of hydrogen-bond acceptors (Lipinski definition) is 6. The number of aryl methyl sites for hydroxylation is 1. The lowest BCUT2D eigenvalue weighted by Gasteiger charge is -2.19. The van der Waals surface area contributed by atoms with Gasteiger partial charge in [-0.2, -0.15) is 0 Å². The van der Waals surface area contributed by atoms with Crippen molar-refractivity contribution in [1.82, 2.24) is 9.97 Å². The van der Waals surface area contributed by atoms with Crippen molar-refractivity contribution in [2.24, 2.45) is 0 Å². The number of aromatic nitrogens is 2. The van der Waals surface area contributed by atoms with Gasteiger partial charge in [-0.25, -0.2) is 14.8 Å². The van der Waals surface area contributed by atoms with Crippen LogP contribution in [0, 0.1) is 6.92 Å². The molecule has 0 spiro atoms. The third-order valence-electron chi connectivity index (χ3n) is 3.08. The summed E-state index contributed by atoms with van der Waals surface area (Å²) in [5.41, 5.74) is 1.30. The highest BCUT2D eigenvalue weighted by atomic mass is 32.1. The van der Waals surface area contributed by atoms with Crippen molar-refractivity contribution < 1.29 is 9.90 Å². The van der Waals surface area contributed by atoms with Crippen molar-refractivity contribution >= 4 is 33.9 Å². The topological polar surface area (TPSA) is 78.4 Å². The first-order chi connectivity index (χ1) is 10.0. The van der Waals surface area contributed by atoms with E-state index in [1.54, 1.807) is 13.1 Å². The molecular weight excluding hydrogens is 288 g/mol. The van der Waals surface area contributed by atoms with Gasteiger partial charge in [0.25, 0.3) is 0 Å². The van der Waals surface area contributed by atoms with E-state index in [4.69, 9.17) is 5.11 Å². The number of anilines is 3. The smallest absolute Gasteiger partial charge is 0.347 e. The van der Waals surface area contributed by atoms with Crippen LogP contribution in [0.25, 0.3) is 0 Å². The van der Waals surface area contributed by atoms with Crippen molar-refractivity contribution in [3.63, 3.8) is 0 Å². The Labute approximate surface area is 127 Å². The zero-order chi connectivity index (χ0) is 15.4. The maximum atomic E-state index is 11.0. The summed E-state index contributed by atoms with van der Waals surface area (Å²) < 4.78 is 0. The van der Waals surface area contributed by atoms with Crippen molar-refractivity contribution in [2.75, 3.05) is 23.3 Å². The number of aromatic carboxylic acids is 1. The zero-order valence-corrected chi connectivity index (χ0v) is 13.1. The largest absolute Gasteiger partial charge is 0.477 e. The van der Waals surface area contributed by atoms with Crippen LogP contribution >= 0.6 is 11.3 Å². The third-order valence-corrected chi connectivity index (χ3v) is 4.14. The summed E-state index contributed by atoms with van der Waals surface area (Å²) >= 11 is 1.12. The Morgan fingerprint density at radius 2 is 2.10 bits per heavy atom. The minimum Gasteiger partial charge on any atom is -0.477 e. The molecule has 7 heteroatoms. The van der Waals surface area contributed by atoms with Crippen LogP contribution in [0.3, 0.4) is 0 Å². The van der Waals surface area contributed by atoms with Gasteiger partial charge < -0.3 is 15.3 Å². The molecule has 21 heavy (non-hydrogen) atoms. The summed E-state index contributed by atoms with van der Waals surface area (Å²) in [5, 5.41) is 12.7.